The average Bonchev–Trinajstić information content (AvgIpc) is 2.74. The Kier molecular flexibility index (Phi) is 5.95. The van der Waals surface area contributed by atoms with Crippen molar-refractivity contribution in [1.82, 2.24) is 15.0 Å². The quantitative estimate of drug-likeness (QED) is 0.588. The standard InChI is InChI=1S/C22H25FN6/c23-17-3-1-2-15(10-17)13-26-21-12-20(27-14-28-21)16-8-9-25-22(11-16)29-19-6-4-18(24)5-7-19/h1-3,8-12,14,18-19H,4-7,13,24H2,(H,25,29)(H,26,27,28)/t18-,19-. The Balaban J connectivity index is 1.43. The Labute approximate surface area is 169 Å². The van der Waals surface area contributed by atoms with E-state index in [0.717, 1.165) is 48.3 Å². The SMILES string of the molecule is N[C@H]1CC[C@H](Nc2cc(-c3cc(NCc4cccc(F)c4)ncn3)ccn2)CC1. The molecule has 0 aliphatic heterocycles. The van der Waals surface area contributed by atoms with Crippen LogP contribution >= 0.6 is 0 Å². The van der Waals surface area contributed by atoms with Crippen LogP contribution in [0.5, 0.6) is 0 Å². The minimum Gasteiger partial charge on any atom is -0.367 e. The molecule has 1 fully saturated rings. The van der Waals surface area contributed by atoms with Gasteiger partial charge in [0, 0.05) is 36.5 Å². The lowest BCUT2D eigenvalue weighted by molar-refractivity contribution is 0.410. The highest BCUT2D eigenvalue weighted by atomic mass is 19.1. The summed E-state index contributed by atoms with van der Waals surface area (Å²) in [5, 5.41) is 6.74. The largest absolute Gasteiger partial charge is 0.367 e. The van der Waals surface area contributed by atoms with Crippen molar-refractivity contribution in [3.05, 3.63) is 66.4 Å². The van der Waals surface area contributed by atoms with Crippen LogP contribution in [0.25, 0.3) is 11.3 Å². The normalized spacial score (nSPS) is 19.0. The minimum absolute atomic E-state index is 0.246. The summed E-state index contributed by atoms with van der Waals surface area (Å²) in [5.41, 5.74) is 8.61. The average molecular weight is 392 g/mol. The van der Waals surface area contributed by atoms with Gasteiger partial charge in [-0.05, 0) is 55.5 Å². The van der Waals surface area contributed by atoms with Crippen molar-refractivity contribution in [1.29, 1.82) is 0 Å². The lowest BCUT2D eigenvalue weighted by Gasteiger charge is -2.27. The maximum absolute atomic E-state index is 13.3. The third kappa shape index (κ3) is 5.26. The van der Waals surface area contributed by atoms with Crippen LogP contribution in [0.15, 0.2) is 55.0 Å². The maximum atomic E-state index is 13.3. The first-order valence-electron chi connectivity index (χ1n) is 9.94. The van der Waals surface area contributed by atoms with Crippen LogP contribution in [0.4, 0.5) is 16.0 Å². The molecule has 0 spiro atoms. The number of nitrogens with one attached hydrogen (secondary N) is 2. The summed E-state index contributed by atoms with van der Waals surface area (Å²) in [6, 6.07) is 13.1. The molecule has 1 aliphatic carbocycles. The molecule has 2 heterocycles. The lowest BCUT2D eigenvalue weighted by atomic mass is 9.92. The van der Waals surface area contributed by atoms with E-state index in [1.165, 1.54) is 18.5 Å². The first kappa shape index (κ1) is 19.3. The van der Waals surface area contributed by atoms with Gasteiger partial charge in [-0.2, -0.15) is 0 Å². The highest BCUT2D eigenvalue weighted by molar-refractivity contribution is 5.65. The van der Waals surface area contributed by atoms with E-state index in [0.29, 0.717) is 24.4 Å². The van der Waals surface area contributed by atoms with Crippen molar-refractivity contribution in [3.63, 3.8) is 0 Å². The fourth-order valence-corrected chi connectivity index (χ4v) is 3.59. The van der Waals surface area contributed by atoms with E-state index >= 15 is 0 Å². The second-order valence-corrected chi connectivity index (χ2v) is 7.46. The molecule has 0 radical (unpaired) electrons. The number of rotatable bonds is 6. The molecule has 0 saturated heterocycles. The third-order valence-electron chi connectivity index (χ3n) is 5.21. The van der Waals surface area contributed by atoms with Crippen molar-refractivity contribution in [2.75, 3.05) is 10.6 Å². The number of anilines is 2. The highest BCUT2D eigenvalue weighted by Crippen LogP contribution is 2.24. The van der Waals surface area contributed by atoms with Crippen molar-refractivity contribution in [3.8, 4) is 11.3 Å². The van der Waals surface area contributed by atoms with Crippen LogP contribution in [0, 0.1) is 5.82 Å². The van der Waals surface area contributed by atoms with Gasteiger partial charge < -0.3 is 16.4 Å². The molecular formula is C22H25FN6. The maximum Gasteiger partial charge on any atom is 0.130 e. The summed E-state index contributed by atoms with van der Waals surface area (Å²) in [4.78, 5) is 13.1. The van der Waals surface area contributed by atoms with E-state index in [9.17, 15) is 4.39 Å². The van der Waals surface area contributed by atoms with E-state index in [4.69, 9.17) is 5.73 Å². The Morgan fingerprint density at radius 1 is 0.966 bits per heavy atom. The molecule has 0 unspecified atom stereocenters. The highest BCUT2D eigenvalue weighted by Gasteiger charge is 2.18. The first-order valence-corrected chi connectivity index (χ1v) is 9.94. The second kappa shape index (κ2) is 8.96. The molecule has 0 amide bonds. The fraction of sp³-hybridized carbons (Fsp3) is 0.318. The summed E-state index contributed by atoms with van der Waals surface area (Å²) in [6.07, 6.45) is 7.53. The molecule has 6 nitrogen and oxygen atoms in total. The molecule has 2 aromatic heterocycles. The van der Waals surface area contributed by atoms with Crippen molar-refractivity contribution in [2.24, 2.45) is 5.73 Å². The van der Waals surface area contributed by atoms with E-state index in [1.807, 2.05) is 24.3 Å². The van der Waals surface area contributed by atoms with Crippen molar-refractivity contribution >= 4 is 11.6 Å². The van der Waals surface area contributed by atoms with E-state index in [1.54, 1.807) is 12.3 Å². The smallest absolute Gasteiger partial charge is 0.130 e. The van der Waals surface area contributed by atoms with Gasteiger partial charge in [0.15, 0.2) is 0 Å². The number of nitrogens with two attached hydrogens (primary N) is 1. The molecule has 29 heavy (non-hydrogen) atoms. The molecular weight excluding hydrogens is 367 g/mol. The third-order valence-corrected chi connectivity index (χ3v) is 5.21. The van der Waals surface area contributed by atoms with E-state index in [-0.39, 0.29) is 5.82 Å². The molecule has 1 aliphatic rings. The minimum atomic E-state index is -0.246. The number of halogens is 1. The van der Waals surface area contributed by atoms with Gasteiger partial charge in [0.1, 0.15) is 23.8 Å². The lowest BCUT2D eigenvalue weighted by Crippen LogP contribution is -2.32. The van der Waals surface area contributed by atoms with Crippen LogP contribution in [0.2, 0.25) is 0 Å². The van der Waals surface area contributed by atoms with Gasteiger partial charge in [0.2, 0.25) is 0 Å². The molecule has 1 saturated carbocycles. The molecule has 1 aromatic carbocycles. The second-order valence-electron chi connectivity index (χ2n) is 7.46. The topological polar surface area (TPSA) is 88.8 Å². The molecule has 0 atom stereocenters. The molecule has 4 rings (SSSR count). The van der Waals surface area contributed by atoms with Crippen molar-refractivity contribution < 1.29 is 4.39 Å². The van der Waals surface area contributed by atoms with Crippen LogP contribution in [-0.4, -0.2) is 27.0 Å². The summed E-state index contributed by atoms with van der Waals surface area (Å²) in [7, 11) is 0. The van der Waals surface area contributed by atoms with E-state index in [2.05, 4.69) is 25.6 Å². The van der Waals surface area contributed by atoms with Gasteiger partial charge in [-0.3, -0.25) is 0 Å². The number of hydrogen-bond acceptors (Lipinski definition) is 6. The fourth-order valence-electron chi connectivity index (χ4n) is 3.59. The Morgan fingerprint density at radius 3 is 2.66 bits per heavy atom. The summed E-state index contributed by atoms with van der Waals surface area (Å²) < 4.78 is 13.3. The summed E-state index contributed by atoms with van der Waals surface area (Å²) in [5.74, 6) is 1.28. The Bertz CT molecular complexity index is 955. The van der Waals surface area contributed by atoms with E-state index < -0.39 is 0 Å². The summed E-state index contributed by atoms with van der Waals surface area (Å²) in [6.45, 7) is 0.487. The molecule has 3 aromatic rings. The Morgan fingerprint density at radius 2 is 1.83 bits per heavy atom. The number of nitrogens with zero attached hydrogens (tertiary/aromatic N) is 3. The van der Waals surface area contributed by atoms with Crippen molar-refractivity contribution in [2.45, 2.75) is 44.3 Å². The van der Waals surface area contributed by atoms with Crippen LogP contribution in [0.1, 0.15) is 31.2 Å². The zero-order valence-electron chi connectivity index (χ0n) is 16.2. The Hall–Kier alpha value is -3.06. The van der Waals surface area contributed by atoms with Crippen LogP contribution in [0.3, 0.4) is 0 Å². The molecule has 150 valence electrons. The number of aromatic nitrogens is 3. The number of hydrogen-bond donors (Lipinski definition) is 3. The van der Waals surface area contributed by atoms with Gasteiger partial charge in [0.05, 0.1) is 5.69 Å². The number of benzene rings is 1. The summed E-state index contributed by atoms with van der Waals surface area (Å²) >= 11 is 0. The van der Waals surface area contributed by atoms with Gasteiger partial charge >= 0.3 is 0 Å². The predicted octanol–water partition coefficient (Wildman–Crippen LogP) is 3.97. The molecule has 4 N–H and O–H groups in total. The van der Waals surface area contributed by atoms with Gasteiger partial charge in [-0.1, -0.05) is 12.1 Å². The van der Waals surface area contributed by atoms with Crippen LogP contribution < -0.4 is 16.4 Å². The number of pyridine rings is 1. The molecule has 0 bridgehead atoms. The van der Waals surface area contributed by atoms with Crippen LogP contribution in [-0.2, 0) is 6.54 Å². The van der Waals surface area contributed by atoms with Gasteiger partial charge in [0.25, 0.3) is 0 Å². The van der Waals surface area contributed by atoms with Gasteiger partial charge in [-0.15, -0.1) is 0 Å². The first-order chi connectivity index (χ1) is 14.2. The molecule has 7 heteroatoms. The zero-order valence-corrected chi connectivity index (χ0v) is 16.2. The monoisotopic (exact) mass is 392 g/mol. The zero-order chi connectivity index (χ0) is 20.1. The van der Waals surface area contributed by atoms with Gasteiger partial charge in [-0.25, -0.2) is 19.3 Å². The predicted molar refractivity (Wildman–Crippen MR) is 113 cm³/mol.